The first kappa shape index (κ1) is 28.4. The number of unbranched alkanes of at least 4 members (excludes halogenated alkanes) is 2. The lowest BCUT2D eigenvalue weighted by molar-refractivity contribution is -0.274. The molecule has 37 heavy (non-hydrogen) atoms. The Morgan fingerprint density at radius 1 is 0.973 bits per heavy atom. The number of hydrogen-bond donors (Lipinski definition) is 1. The van der Waals surface area contributed by atoms with Gasteiger partial charge in [0, 0.05) is 29.5 Å². The summed E-state index contributed by atoms with van der Waals surface area (Å²) in [6.07, 6.45) is -7.46. The monoisotopic (exact) mass is 532 g/mol. The Labute approximate surface area is 208 Å². The molecule has 0 amide bonds. The summed E-state index contributed by atoms with van der Waals surface area (Å²) in [6, 6.07) is 9.78. The predicted octanol–water partition coefficient (Wildman–Crippen LogP) is 7.03. The van der Waals surface area contributed by atoms with E-state index in [1.165, 1.54) is 36.4 Å². The van der Waals surface area contributed by atoms with Crippen molar-refractivity contribution in [2.45, 2.75) is 51.6 Å². The van der Waals surface area contributed by atoms with Crippen molar-refractivity contribution in [2.24, 2.45) is 5.92 Å². The Kier molecular flexibility index (Phi) is 9.12. The number of aryl methyl sites for hydroxylation is 1. The van der Waals surface area contributed by atoms with E-state index in [1.54, 1.807) is 6.07 Å². The van der Waals surface area contributed by atoms with Crippen LogP contribution in [0, 0.1) is 5.92 Å². The molecule has 0 aliphatic heterocycles. The lowest BCUT2D eigenvalue weighted by atomic mass is 10.00. The molecule has 1 N–H and O–H groups in total. The van der Waals surface area contributed by atoms with Crippen LogP contribution in [0.25, 0.3) is 22.1 Å². The molecule has 202 valence electrons. The highest BCUT2D eigenvalue weighted by molar-refractivity contribution is 5.84. The number of aliphatic hydroxyl groups is 1. The molecule has 3 rings (SSSR count). The normalized spacial score (nSPS) is 13.1. The van der Waals surface area contributed by atoms with Gasteiger partial charge in [0.2, 0.25) is 0 Å². The quantitative estimate of drug-likeness (QED) is 0.163. The molecule has 1 atom stereocenters. The van der Waals surface area contributed by atoms with Crippen LogP contribution in [0.15, 0.2) is 51.7 Å². The molecule has 11 heteroatoms. The average Bonchev–Trinajstić information content (AvgIpc) is 2.80. The number of fused-ring (bicyclic) bond motifs is 1. The number of benzene rings is 2. The van der Waals surface area contributed by atoms with Crippen LogP contribution < -0.4 is 15.1 Å². The van der Waals surface area contributed by atoms with E-state index in [1.807, 2.05) is 6.92 Å². The molecule has 0 aliphatic carbocycles. The summed E-state index contributed by atoms with van der Waals surface area (Å²) in [5.74, 6) is -1.60. The van der Waals surface area contributed by atoms with Gasteiger partial charge in [0.25, 0.3) is 0 Å². The van der Waals surface area contributed by atoms with E-state index in [4.69, 9.17) is 14.3 Å². The lowest BCUT2D eigenvalue weighted by Crippen LogP contribution is -2.23. The summed E-state index contributed by atoms with van der Waals surface area (Å²) >= 11 is 0. The fourth-order valence-electron chi connectivity index (χ4n) is 3.82. The summed E-state index contributed by atoms with van der Waals surface area (Å²) in [5.41, 5.74) is -0.510. The van der Waals surface area contributed by atoms with Crippen molar-refractivity contribution in [3.05, 3.63) is 58.4 Å². The smallest absolute Gasteiger partial charge is 0.493 e. The topological polar surface area (TPSA) is 68.9 Å². The third kappa shape index (κ3) is 8.41. The molecular weight excluding hydrogens is 506 g/mol. The third-order valence-electron chi connectivity index (χ3n) is 5.60. The van der Waals surface area contributed by atoms with Gasteiger partial charge in [-0.15, -0.1) is 13.2 Å². The van der Waals surface area contributed by atoms with Gasteiger partial charge in [-0.1, -0.05) is 31.9 Å². The van der Waals surface area contributed by atoms with Crippen LogP contribution in [0.3, 0.4) is 0 Å². The number of rotatable bonds is 11. The zero-order valence-corrected chi connectivity index (χ0v) is 19.9. The Morgan fingerprint density at radius 3 is 2.38 bits per heavy atom. The minimum atomic E-state index is -4.97. The van der Waals surface area contributed by atoms with Gasteiger partial charge in [-0.2, -0.15) is 13.2 Å². The zero-order chi connectivity index (χ0) is 27.2. The summed E-state index contributed by atoms with van der Waals surface area (Å²) in [7, 11) is 0. The Balaban J connectivity index is 1.90. The number of alkyl halides is 6. The van der Waals surface area contributed by atoms with Crippen LogP contribution in [0.1, 0.15) is 38.2 Å². The standard InChI is InChI=1S/C26H26F6O5/c1-2-3-4-5-16-6-9-20(23(10-16)37-26(30,31)32)21-11-18-7-8-19(12-22(18)36-24(21)34)35-15-17(14-33)13-25(27,28)29/h6-12,17,33H,2-5,13-15H2,1H3. The van der Waals surface area contributed by atoms with Crippen LogP contribution in [-0.2, 0) is 6.42 Å². The second-order valence-electron chi connectivity index (χ2n) is 8.66. The molecule has 1 heterocycles. The summed E-state index contributed by atoms with van der Waals surface area (Å²) in [5, 5.41) is 9.51. The van der Waals surface area contributed by atoms with Gasteiger partial charge in [-0.25, -0.2) is 4.79 Å². The maximum atomic E-state index is 13.1. The van der Waals surface area contributed by atoms with Gasteiger partial charge in [0.15, 0.2) is 0 Å². The largest absolute Gasteiger partial charge is 0.573 e. The summed E-state index contributed by atoms with van der Waals surface area (Å²) in [6.45, 7) is 0.854. The number of ether oxygens (including phenoxy) is 2. The highest BCUT2D eigenvalue weighted by atomic mass is 19.4. The molecule has 1 unspecified atom stereocenters. The first-order valence-electron chi connectivity index (χ1n) is 11.7. The molecule has 0 spiro atoms. The fourth-order valence-corrected chi connectivity index (χ4v) is 3.82. The Morgan fingerprint density at radius 2 is 1.73 bits per heavy atom. The molecule has 0 radical (unpaired) electrons. The van der Waals surface area contributed by atoms with Gasteiger partial charge >= 0.3 is 18.2 Å². The molecule has 2 aromatic carbocycles. The molecule has 0 saturated heterocycles. The van der Waals surface area contributed by atoms with Gasteiger partial charge in [-0.3, -0.25) is 0 Å². The first-order chi connectivity index (χ1) is 17.4. The zero-order valence-electron chi connectivity index (χ0n) is 19.9. The highest BCUT2D eigenvalue weighted by Crippen LogP contribution is 2.35. The van der Waals surface area contributed by atoms with E-state index in [2.05, 4.69) is 4.74 Å². The van der Waals surface area contributed by atoms with Crippen molar-refractivity contribution >= 4 is 11.0 Å². The second-order valence-corrected chi connectivity index (χ2v) is 8.66. The highest BCUT2D eigenvalue weighted by Gasteiger charge is 2.33. The predicted molar refractivity (Wildman–Crippen MR) is 125 cm³/mol. The number of hydrogen-bond acceptors (Lipinski definition) is 5. The fraction of sp³-hybridized carbons (Fsp3) is 0.423. The maximum Gasteiger partial charge on any atom is 0.573 e. The van der Waals surface area contributed by atoms with Crippen molar-refractivity contribution in [2.75, 3.05) is 13.2 Å². The van der Waals surface area contributed by atoms with Crippen molar-refractivity contribution in [1.82, 2.24) is 0 Å². The van der Waals surface area contributed by atoms with Crippen molar-refractivity contribution in [3.63, 3.8) is 0 Å². The minimum Gasteiger partial charge on any atom is -0.493 e. The maximum absolute atomic E-state index is 13.1. The van der Waals surface area contributed by atoms with Crippen molar-refractivity contribution in [3.8, 4) is 22.6 Å². The van der Waals surface area contributed by atoms with Crippen LogP contribution >= 0.6 is 0 Å². The van der Waals surface area contributed by atoms with Gasteiger partial charge < -0.3 is 19.0 Å². The van der Waals surface area contributed by atoms with Crippen LogP contribution in [0.2, 0.25) is 0 Å². The summed E-state index contributed by atoms with van der Waals surface area (Å²) in [4.78, 5) is 12.7. The van der Waals surface area contributed by atoms with Gasteiger partial charge in [0.1, 0.15) is 17.1 Å². The second kappa shape index (κ2) is 11.9. The first-order valence-corrected chi connectivity index (χ1v) is 11.7. The van der Waals surface area contributed by atoms with E-state index in [0.29, 0.717) is 17.4 Å². The molecule has 0 fully saturated rings. The molecule has 0 saturated carbocycles. The van der Waals surface area contributed by atoms with Gasteiger partial charge in [0.05, 0.1) is 18.6 Å². The van der Waals surface area contributed by atoms with E-state index in [9.17, 15) is 31.1 Å². The number of aliphatic hydroxyl groups excluding tert-OH is 1. The van der Waals surface area contributed by atoms with Crippen molar-refractivity contribution in [1.29, 1.82) is 0 Å². The molecule has 5 nitrogen and oxygen atoms in total. The van der Waals surface area contributed by atoms with Crippen LogP contribution in [0.4, 0.5) is 26.3 Å². The third-order valence-corrected chi connectivity index (χ3v) is 5.60. The Hall–Kier alpha value is -3.21. The van der Waals surface area contributed by atoms with Crippen LogP contribution in [0.5, 0.6) is 11.5 Å². The number of halogens is 6. The minimum absolute atomic E-state index is 0.0251. The molecule has 3 aromatic rings. The molecule has 1 aromatic heterocycles. The van der Waals surface area contributed by atoms with Gasteiger partial charge in [-0.05, 0) is 42.7 Å². The average molecular weight is 532 g/mol. The lowest BCUT2D eigenvalue weighted by Gasteiger charge is -2.17. The van der Waals surface area contributed by atoms with Crippen LogP contribution in [-0.4, -0.2) is 30.9 Å². The summed E-state index contributed by atoms with van der Waals surface area (Å²) < 4.78 is 91.9. The SMILES string of the molecule is CCCCCc1ccc(-c2cc3ccc(OCC(CO)CC(F)(F)F)cc3oc2=O)c(OC(F)(F)F)c1. The molecule has 0 bridgehead atoms. The van der Waals surface area contributed by atoms with E-state index in [0.717, 1.165) is 19.3 Å². The molecule has 0 aliphatic rings. The van der Waals surface area contributed by atoms with E-state index >= 15 is 0 Å². The Bertz CT molecular complexity index is 1250. The molecular formula is C26H26F6O5. The van der Waals surface area contributed by atoms with E-state index in [-0.39, 0.29) is 22.5 Å². The van der Waals surface area contributed by atoms with E-state index < -0.39 is 49.5 Å². The van der Waals surface area contributed by atoms with Crippen molar-refractivity contribution < 1.29 is 45.3 Å².